The van der Waals surface area contributed by atoms with E-state index in [0.717, 1.165) is 5.56 Å². The average molecular weight is 191 g/mol. The van der Waals surface area contributed by atoms with Gasteiger partial charge >= 0.3 is 11.7 Å². The first kappa shape index (κ1) is 8.74. The second-order valence-electron chi connectivity index (χ2n) is 2.94. The molecule has 1 aromatic heterocycles. The van der Waals surface area contributed by atoms with Gasteiger partial charge in [-0.25, -0.2) is 4.79 Å². The molecule has 14 heavy (non-hydrogen) atoms. The number of rotatable bonds is 1. The minimum Gasteiger partial charge on any atom is -0.453 e. The zero-order valence-electron chi connectivity index (χ0n) is 7.90. The third kappa shape index (κ3) is 1.25. The molecular weight excluding hydrogens is 182 g/mol. The SMILES string of the molecule is COc1nc2cccc(C)c2c(=O)o1. The van der Waals surface area contributed by atoms with Crippen LogP contribution in [-0.2, 0) is 0 Å². The molecular formula is C10H9NO3. The van der Waals surface area contributed by atoms with Gasteiger partial charge in [0.1, 0.15) is 0 Å². The van der Waals surface area contributed by atoms with Crippen LogP contribution in [0.4, 0.5) is 0 Å². The highest BCUT2D eigenvalue weighted by Gasteiger charge is 2.07. The Morgan fingerprint density at radius 1 is 1.43 bits per heavy atom. The van der Waals surface area contributed by atoms with E-state index in [1.807, 2.05) is 19.1 Å². The van der Waals surface area contributed by atoms with E-state index >= 15 is 0 Å². The highest BCUT2D eigenvalue weighted by atomic mass is 16.6. The minimum atomic E-state index is -0.412. The topological polar surface area (TPSA) is 52.3 Å². The van der Waals surface area contributed by atoms with Gasteiger partial charge in [-0.3, -0.25) is 0 Å². The maximum atomic E-state index is 11.5. The van der Waals surface area contributed by atoms with Crippen molar-refractivity contribution in [3.8, 4) is 6.08 Å². The first-order valence-electron chi connectivity index (χ1n) is 4.17. The normalized spacial score (nSPS) is 10.4. The number of hydrogen-bond donors (Lipinski definition) is 0. The summed E-state index contributed by atoms with van der Waals surface area (Å²) < 4.78 is 9.60. The Bertz CT molecular complexity index is 530. The van der Waals surface area contributed by atoms with Crippen LogP contribution in [0.15, 0.2) is 27.4 Å². The smallest absolute Gasteiger partial charge is 0.396 e. The number of benzene rings is 1. The number of methoxy groups -OCH3 is 1. The summed E-state index contributed by atoms with van der Waals surface area (Å²) in [5, 5.41) is 0.508. The number of aryl methyl sites for hydroxylation is 1. The van der Waals surface area contributed by atoms with Crippen LogP contribution in [0.5, 0.6) is 6.08 Å². The summed E-state index contributed by atoms with van der Waals surface area (Å²) in [5.41, 5.74) is 1.04. The predicted octanol–water partition coefficient (Wildman–Crippen LogP) is 1.51. The lowest BCUT2D eigenvalue weighted by Gasteiger charge is -2.00. The Labute approximate surface area is 80.1 Å². The van der Waals surface area contributed by atoms with Gasteiger partial charge in [0.2, 0.25) is 0 Å². The van der Waals surface area contributed by atoms with Crippen LogP contribution >= 0.6 is 0 Å². The van der Waals surface area contributed by atoms with Crippen molar-refractivity contribution < 1.29 is 9.15 Å². The summed E-state index contributed by atoms with van der Waals surface area (Å²) in [6.07, 6.45) is -0.00639. The molecule has 0 aliphatic carbocycles. The molecule has 4 nitrogen and oxygen atoms in total. The lowest BCUT2D eigenvalue weighted by molar-refractivity contribution is 0.270. The van der Waals surface area contributed by atoms with E-state index in [9.17, 15) is 4.79 Å². The Hall–Kier alpha value is -1.84. The van der Waals surface area contributed by atoms with Crippen molar-refractivity contribution >= 4 is 10.9 Å². The maximum Gasteiger partial charge on any atom is 0.396 e. The highest BCUT2D eigenvalue weighted by Crippen LogP contribution is 2.14. The highest BCUT2D eigenvalue weighted by molar-refractivity contribution is 5.80. The summed E-state index contributed by atoms with van der Waals surface area (Å²) in [6.45, 7) is 1.84. The Morgan fingerprint density at radius 2 is 2.21 bits per heavy atom. The van der Waals surface area contributed by atoms with Crippen LogP contribution in [0.3, 0.4) is 0 Å². The molecule has 0 aliphatic rings. The molecule has 0 aliphatic heterocycles. The van der Waals surface area contributed by atoms with Crippen LogP contribution in [0, 0.1) is 6.92 Å². The summed E-state index contributed by atoms with van der Waals surface area (Å²) in [7, 11) is 1.41. The maximum absolute atomic E-state index is 11.5. The third-order valence-corrected chi connectivity index (χ3v) is 2.02. The van der Waals surface area contributed by atoms with E-state index < -0.39 is 5.63 Å². The van der Waals surface area contributed by atoms with Crippen molar-refractivity contribution in [1.82, 2.24) is 4.98 Å². The monoisotopic (exact) mass is 191 g/mol. The van der Waals surface area contributed by atoms with Gasteiger partial charge in [-0.05, 0) is 18.6 Å². The van der Waals surface area contributed by atoms with Gasteiger partial charge < -0.3 is 9.15 Å². The first-order chi connectivity index (χ1) is 6.72. The lowest BCUT2D eigenvalue weighted by atomic mass is 10.1. The van der Waals surface area contributed by atoms with E-state index in [1.54, 1.807) is 6.07 Å². The van der Waals surface area contributed by atoms with E-state index in [0.29, 0.717) is 10.9 Å². The van der Waals surface area contributed by atoms with E-state index in [1.165, 1.54) is 7.11 Å². The fourth-order valence-corrected chi connectivity index (χ4v) is 1.35. The Balaban J connectivity index is 2.90. The van der Waals surface area contributed by atoms with Crippen LogP contribution in [0.2, 0.25) is 0 Å². The zero-order valence-corrected chi connectivity index (χ0v) is 7.90. The third-order valence-electron chi connectivity index (χ3n) is 2.02. The van der Waals surface area contributed by atoms with Crippen LogP contribution in [0.1, 0.15) is 5.56 Å². The van der Waals surface area contributed by atoms with Crippen LogP contribution < -0.4 is 10.4 Å². The van der Waals surface area contributed by atoms with Crippen molar-refractivity contribution in [2.24, 2.45) is 0 Å². The van der Waals surface area contributed by atoms with Gasteiger partial charge in [-0.15, -0.1) is 0 Å². The second-order valence-corrected chi connectivity index (χ2v) is 2.94. The molecule has 0 spiro atoms. The molecule has 1 heterocycles. The van der Waals surface area contributed by atoms with Gasteiger partial charge in [0.05, 0.1) is 18.0 Å². The largest absolute Gasteiger partial charge is 0.453 e. The minimum absolute atomic E-state index is 0.00639. The van der Waals surface area contributed by atoms with Gasteiger partial charge in [-0.2, -0.15) is 4.98 Å². The van der Waals surface area contributed by atoms with E-state index in [4.69, 9.17) is 9.15 Å². The molecule has 0 saturated carbocycles. The fraction of sp³-hybridized carbons (Fsp3) is 0.200. The summed E-state index contributed by atoms with van der Waals surface area (Å²) in [4.78, 5) is 15.5. The summed E-state index contributed by atoms with van der Waals surface area (Å²) in [5.74, 6) is 0. The molecule has 0 atom stereocenters. The van der Waals surface area contributed by atoms with E-state index in [2.05, 4.69) is 4.98 Å². The molecule has 0 unspecified atom stereocenters. The Morgan fingerprint density at radius 3 is 2.93 bits per heavy atom. The molecule has 0 saturated heterocycles. The molecule has 2 aromatic rings. The molecule has 0 radical (unpaired) electrons. The zero-order chi connectivity index (χ0) is 10.1. The van der Waals surface area contributed by atoms with Gasteiger partial charge in [0.25, 0.3) is 0 Å². The van der Waals surface area contributed by atoms with Crippen molar-refractivity contribution in [2.75, 3.05) is 7.11 Å². The van der Waals surface area contributed by atoms with Crippen molar-refractivity contribution in [3.05, 3.63) is 34.2 Å². The number of nitrogens with zero attached hydrogens (tertiary/aromatic N) is 1. The van der Waals surface area contributed by atoms with Gasteiger partial charge in [-0.1, -0.05) is 12.1 Å². The standard InChI is InChI=1S/C10H9NO3/c1-6-4-3-5-7-8(6)9(12)14-10(11-7)13-2/h3-5H,1-2H3. The van der Waals surface area contributed by atoms with Crippen LogP contribution in [0.25, 0.3) is 10.9 Å². The van der Waals surface area contributed by atoms with Gasteiger partial charge in [0, 0.05) is 0 Å². The molecule has 2 rings (SSSR count). The second kappa shape index (κ2) is 3.14. The lowest BCUT2D eigenvalue weighted by Crippen LogP contribution is -2.04. The van der Waals surface area contributed by atoms with Crippen molar-refractivity contribution in [1.29, 1.82) is 0 Å². The molecule has 1 aromatic carbocycles. The molecule has 4 heteroatoms. The summed E-state index contributed by atoms with van der Waals surface area (Å²) in [6, 6.07) is 5.43. The number of aromatic nitrogens is 1. The molecule has 0 amide bonds. The number of ether oxygens (including phenoxy) is 1. The molecule has 0 fully saturated rings. The first-order valence-corrected chi connectivity index (χ1v) is 4.17. The molecule has 0 bridgehead atoms. The van der Waals surface area contributed by atoms with E-state index in [-0.39, 0.29) is 6.08 Å². The molecule has 72 valence electrons. The van der Waals surface area contributed by atoms with Gasteiger partial charge in [0.15, 0.2) is 0 Å². The van der Waals surface area contributed by atoms with Crippen molar-refractivity contribution in [2.45, 2.75) is 6.92 Å². The average Bonchev–Trinajstić information content (AvgIpc) is 2.17. The van der Waals surface area contributed by atoms with Crippen LogP contribution in [-0.4, -0.2) is 12.1 Å². The Kier molecular flexibility index (Phi) is 1.96. The van der Waals surface area contributed by atoms with Crippen molar-refractivity contribution in [3.63, 3.8) is 0 Å². The fourth-order valence-electron chi connectivity index (χ4n) is 1.35. The number of hydrogen-bond acceptors (Lipinski definition) is 4. The quantitative estimate of drug-likeness (QED) is 0.685. The predicted molar refractivity (Wildman–Crippen MR) is 51.6 cm³/mol. The summed E-state index contributed by atoms with van der Waals surface area (Å²) >= 11 is 0. The molecule has 0 N–H and O–H groups in total. The number of fused-ring (bicyclic) bond motifs is 1.